The molecule has 1 saturated heterocycles. The third-order valence-electron chi connectivity index (χ3n) is 3.34. The topological polar surface area (TPSA) is 59.0 Å². The Kier molecular flexibility index (Phi) is 6.82. The Labute approximate surface area is 110 Å². The fourth-order valence-electron chi connectivity index (χ4n) is 2.53. The van der Waals surface area contributed by atoms with Crippen LogP contribution in [0.2, 0.25) is 0 Å². The summed E-state index contributed by atoms with van der Waals surface area (Å²) in [6, 6.07) is 0.297. The van der Waals surface area contributed by atoms with Crippen LogP contribution in [0.3, 0.4) is 0 Å². The molecule has 1 fully saturated rings. The van der Waals surface area contributed by atoms with Gasteiger partial charge in [-0.25, -0.2) is 0 Å². The largest absolute Gasteiger partial charge is 0.395 e. The second-order valence-electron chi connectivity index (χ2n) is 4.69. The van der Waals surface area contributed by atoms with Crippen molar-refractivity contribution in [3.8, 4) is 0 Å². The van der Waals surface area contributed by atoms with E-state index in [4.69, 9.17) is 9.05 Å². The molecule has 1 N–H and O–H groups in total. The SMILES string of the molecule is CCOP(=O)(CC1CCCN1C(C)CO)OCC. The minimum absolute atomic E-state index is 0.106. The number of aliphatic hydroxyl groups is 1. The van der Waals surface area contributed by atoms with Gasteiger partial charge in [-0.05, 0) is 40.2 Å². The lowest BCUT2D eigenvalue weighted by Gasteiger charge is -2.31. The number of likely N-dealkylation sites (tertiary alicyclic amines) is 1. The van der Waals surface area contributed by atoms with E-state index in [9.17, 15) is 9.67 Å². The van der Waals surface area contributed by atoms with E-state index in [1.807, 2.05) is 20.8 Å². The molecule has 1 rings (SSSR count). The summed E-state index contributed by atoms with van der Waals surface area (Å²) < 4.78 is 23.2. The van der Waals surface area contributed by atoms with E-state index < -0.39 is 7.60 Å². The molecule has 0 aliphatic carbocycles. The molecule has 18 heavy (non-hydrogen) atoms. The highest BCUT2D eigenvalue weighted by Crippen LogP contribution is 2.50. The van der Waals surface area contributed by atoms with Crippen molar-refractivity contribution in [1.29, 1.82) is 0 Å². The lowest BCUT2D eigenvalue weighted by Crippen LogP contribution is -2.41. The van der Waals surface area contributed by atoms with Gasteiger partial charge in [0.25, 0.3) is 0 Å². The predicted molar refractivity (Wildman–Crippen MR) is 72.0 cm³/mol. The van der Waals surface area contributed by atoms with E-state index in [0.717, 1.165) is 19.4 Å². The summed E-state index contributed by atoms with van der Waals surface area (Å²) in [6.45, 7) is 7.53. The number of hydrogen-bond donors (Lipinski definition) is 1. The van der Waals surface area contributed by atoms with Gasteiger partial charge >= 0.3 is 7.60 Å². The summed E-state index contributed by atoms with van der Waals surface area (Å²) in [7, 11) is -2.98. The molecule has 1 aliphatic rings. The minimum atomic E-state index is -2.98. The van der Waals surface area contributed by atoms with Crippen molar-refractivity contribution in [1.82, 2.24) is 4.90 Å². The molecule has 1 aliphatic heterocycles. The lowest BCUT2D eigenvalue weighted by molar-refractivity contribution is 0.125. The zero-order chi connectivity index (χ0) is 13.6. The standard InChI is InChI=1S/C12H26NO4P/c1-4-16-18(15,17-5-2)10-12-7-6-8-13(12)11(3)9-14/h11-12,14H,4-10H2,1-3H3. The van der Waals surface area contributed by atoms with Gasteiger partial charge in [-0.15, -0.1) is 0 Å². The Balaban J connectivity index is 2.65. The van der Waals surface area contributed by atoms with Gasteiger partial charge < -0.3 is 14.2 Å². The molecule has 5 nitrogen and oxygen atoms in total. The Morgan fingerprint density at radius 2 is 2.00 bits per heavy atom. The number of hydrogen-bond acceptors (Lipinski definition) is 5. The van der Waals surface area contributed by atoms with E-state index in [2.05, 4.69) is 4.90 Å². The third kappa shape index (κ3) is 4.32. The van der Waals surface area contributed by atoms with Crippen LogP contribution in [0.15, 0.2) is 0 Å². The summed E-state index contributed by atoms with van der Waals surface area (Å²) in [5.74, 6) is 0. The van der Waals surface area contributed by atoms with E-state index >= 15 is 0 Å². The van der Waals surface area contributed by atoms with Crippen molar-refractivity contribution in [3.63, 3.8) is 0 Å². The Morgan fingerprint density at radius 3 is 2.50 bits per heavy atom. The van der Waals surface area contributed by atoms with Gasteiger partial charge in [0.05, 0.1) is 26.0 Å². The molecule has 0 bridgehead atoms. The lowest BCUT2D eigenvalue weighted by atomic mass is 10.2. The minimum Gasteiger partial charge on any atom is -0.395 e. The average Bonchev–Trinajstić information content (AvgIpc) is 2.76. The first-order valence-corrected chi connectivity index (χ1v) is 8.53. The van der Waals surface area contributed by atoms with Crippen molar-refractivity contribution < 1.29 is 18.7 Å². The van der Waals surface area contributed by atoms with Crippen LogP contribution in [0.25, 0.3) is 0 Å². The molecule has 0 aromatic carbocycles. The Hall–Kier alpha value is 0.0700. The van der Waals surface area contributed by atoms with Crippen molar-refractivity contribution in [2.45, 2.75) is 45.7 Å². The smallest absolute Gasteiger partial charge is 0.332 e. The fourth-order valence-corrected chi connectivity index (χ4v) is 4.51. The third-order valence-corrected chi connectivity index (χ3v) is 5.51. The predicted octanol–water partition coefficient (Wildman–Crippen LogP) is 2.10. The monoisotopic (exact) mass is 279 g/mol. The molecule has 0 spiro atoms. The zero-order valence-electron chi connectivity index (χ0n) is 11.7. The maximum atomic E-state index is 12.5. The molecular weight excluding hydrogens is 253 g/mol. The molecule has 0 saturated carbocycles. The van der Waals surface area contributed by atoms with Crippen LogP contribution in [0.1, 0.15) is 33.6 Å². The van der Waals surface area contributed by atoms with E-state index in [1.165, 1.54) is 0 Å². The van der Waals surface area contributed by atoms with E-state index in [1.54, 1.807) is 0 Å². The molecule has 0 amide bonds. The normalized spacial score (nSPS) is 23.4. The second kappa shape index (κ2) is 7.61. The summed E-state index contributed by atoms with van der Waals surface area (Å²) in [5.41, 5.74) is 0. The van der Waals surface area contributed by atoms with Gasteiger partial charge in [0.1, 0.15) is 0 Å². The van der Waals surface area contributed by atoms with Crippen LogP contribution in [0.5, 0.6) is 0 Å². The van der Waals surface area contributed by atoms with Crippen molar-refractivity contribution >= 4 is 7.60 Å². The first-order chi connectivity index (χ1) is 8.56. The quantitative estimate of drug-likeness (QED) is 0.689. The summed E-state index contributed by atoms with van der Waals surface area (Å²) in [4.78, 5) is 2.21. The van der Waals surface area contributed by atoms with Crippen molar-refractivity contribution in [2.75, 3.05) is 32.5 Å². The van der Waals surface area contributed by atoms with Crippen LogP contribution in [-0.4, -0.2) is 54.6 Å². The second-order valence-corrected chi connectivity index (χ2v) is 6.80. The van der Waals surface area contributed by atoms with E-state index in [0.29, 0.717) is 19.4 Å². The summed E-state index contributed by atoms with van der Waals surface area (Å²) in [5, 5.41) is 9.24. The van der Waals surface area contributed by atoms with Crippen molar-refractivity contribution in [2.24, 2.45) is 0 Å². The molecular formula is C12H26NO4P. The molecule has 2 unspecified atom stereocenters. The first-order valence-electron chi connectivity index (χ1n) is 6.81. The van der Waals surface area contributed by atoms with Crippen LogP contribution in [0.4, 0.5) is 0 Å². The van der Waals surface area contributed by atoms with Crippen LogP contribution in [-0.2, 0) is 13.6 Å². The van der Waals surface area contributed by atoms with Crippen LogP contribution >= 0.6 is 7.60 Å². The van der Waals surface area contributed by atoms with Gasteiger partial charge in [-0.3, -0.25) is 9.46 Å². The van der Waals surface area contributed by atoms with Gasteiger partial charge in [-0.2, -0.15) is 0 Å². The van der Waals surface area contributed by atoms with Crippen LogP contribution in [0, 0.1) is 0 Å². The van der Waals surface area contributed by atoms with Gasteiger partial charge in [0.15, 0.2) is 0 Å². The van der Waals surface area contributed by atoms with Gasteiger partial charge in [-0.1, -0.05) is 0 Å². The molecule has 0 radical (unpaired) electrons. The van der Waals surface area contributed by atoms with Gasteiger partial charge in [0.2, 0.25) is 0 Å². The van der Waals surface area contributed by atoms with Gasteiger partial charge in [0, 0.05) is 12.1 Å². The maximum Gasteiger partial charge on any atom is 0.332 e. The highest BCUT2D eigenvalue weighted by molar-refractivity contribution is 7.53. The average molecular weight is 279 g/mol. The van der Waals surface area contributed by atoms with Crippen LogP contribution < -0.4 is 0 Å². The zero-order valence-corrected chi connectivity index (χ0v) is 12.6. The Bertz CT molecular complexity index is 277. The number of rotatable bonds is 8. The highest BCUT2D eigenvalue weighted by atomic mass is 31.2. The molecule has 6 heteroatoms. The molecule has 0 aromatic heterocycles. The maximum absolute atomic E-state index is 12.5. The van der Waals surface area contributed by atoms with E-state index in [-0.39, 0.29) is 18.7 Å². The summed E-state index contributed by atoms with van der Waals surface area (Å²) in [6.07, 6.45) is 2.50. The van der Waals surface area contributed by atoms with Crippen molar-refractivity contribution in [3.05, 3.63) is 0 Å². The number of nitrogens with zero attached hydrogens (tertiary/aromatic N) is 1. The summed E-state index contributed by atoms with van der Waals surface area (Å²) >= 11 is 0. The molecule has 0 aromatic rings. The Morgan fingerprint density at radius 1 is 1.39 bits per heavy atom. The highest BCUT2D eigenvalue weighted by Gasteiger charge is 2.35. The molecule has 108 valence electrons. The first kappa shape index (κ1) is 16.1. The molecule has 1 heterocycles. The number of aliphatic hydroxyl groups excluding tert-OH is 1. The fraction of sp³-hybridized carbons (Fsp3) is 1.00. The molecule has 2 atom stereocenters.